The van der Waals surface area contributed by atoms with Crippen molar-refractivity contribution < 1.29 is 52.5 Å². The first-order valence-corrected chi connectivity index (χ1v) is 10.1. The quantitative estimate of drug-likeness (QED) is 0.226. The molecule has 1 heterocycles. The fourth-order valence-corrected chi connectivity index (χ4v) is 3.28. The van der Waals surface area contributed by atoms with Gasteiger partial charge in [-0.1, -0.05) is 6.07 Å². The van der Waals surface area contributed by atoms with E-state index in [1.165, 1.54) is 12.1 Å². The average molecular weight is 483 g/mol. The summed E-state index contributed by atoms with van der Waals surface area (Å²) < 4.78 is 32.3. The van der Waals surface area contributed by atoms with Crippen molar-refractivity contribution in [1.82, 2.24) is 0 Å². The summed E-state index contributed by atoms with van der Waals surface area (Å²) in [6.45, 7) is 5.57. The van der Waals surface area contributed by atoms with Crippen LogP contribution >= 0.6 is 0 Å². The molecule has 0 aromatic heterocycles. The SMILES string of the molecule is CC(=O)OC[C@H]1O[C@@H](Oc2ccc(C)cc2[N+](=O)[O-])[C@H](OC(C)=O)[C@@H](OC(C)=O)[C@H]1OC(C)=O. The minimum atomic E-state index is -1.57. The van der Waals surface area contributed by atoms with Gasteiger partial charge in [0.1, 0.15) is 12.7 Å². The molecular formula is C21H25NO12. The van der Waals surface area contributed by atoms with E-state index in [0.29, 0.717) is 5.56 Å². The number of hydrogen-bond donors (Lipinski definition) is 0. The molecule has 0 spiro atoms. The zero-order chi connectivity index (χ0) is 25.6. The van der Waals surface area contributed by atoms with E-state index in [1.54, 1.807) is 13.0 Å². The Bertz CT molecular complexity index is 961. The Morgan fingerprint density at radius 3 is 2.00 bits per heavy atom. The topological polar surface area (TPSA) is 167 Å². The van der Waals surface area contributed by atoms with Crippen LogP contribution in [-0.4, -0.2) is 66.1 Å². The van der Waals surface area contributed by atoms with Crippen LogP contribution in [0.1, 0.15) is 33.3 Å². The molecule has 0 saturated carbocycles. The van der Waals surface area contributed by atoms with Crippen molar-refractivity contribution >= 4 is 29.6 Å². The fraction of sp³-hybridized carbons (Fsp3) is 0.524. The maximum absolute atomic E-state index is 11.8. The molecular weight excluding hydrogens is 458 g/mol. The number of nitro benzene ring substituents is 1. The summed E-state index contributed by atoms with van der Waals surface area (Å²) in [4.78, 5) is 57.6. The molecule has 0 radical (unpaired) electrons. The van der Waals surface area contributed by atoms with Crippen LogP contribution in [0.3, 0.4) is 0 Å². The first kappa shape index (κ1) is 26.5. The average Bonchev–Trinajstić information content (AvgIpc) is 2.71. The number of esters is 4. The Morgan fingerprint density at radius 1 is 0.912 bits per heavy atom. The fourth-order valence-electron chi connectivity index (χ4n) is 3.28. The van der Waals surface area contributed by atoms with Gasteiger partial charge in [-0.2, -0.15) is 0 Å². The Balaban J connectivity index is 2.54. The van der Waals surface area contributed by atoms with Gasteiger partial charge < -0.3 is 28.4 Å². The van der Waals surface area contributed by atoms with E-state index in [9.17, 15) is 29.3 Å². The molecule has 13 nitrogen and oxygen atoms in total. The third kappa shape index (κ3) is 7.13. The molecule has 34 heavy (non-hydrogen) atoms. The van der Waals surface area contributed by atoms with Crippen LogP contribution < -0.4 is 4.74 Å². The lowest BCUT2D eigenvalue weighted by Gasteiger charge is -2.43. The standard InChI is InChI=1S/C21H25NO12/c1-10-6-7-16(15(8-10)22(27)28)33-21-20(32-14(5)26)19(31-13(4)25)18(30-12(3)24)17(34-21)9-29-11(2)23/h6-8,17-21H,9H2,1-5H3/t17-,18+,19+,20-,21-/m1/s1. The lowest BCUT2D eigenvalue weighted by atomic mass is 9.98. The molecule has 5 atom stereocenters. The van der Waals surface area contributed by atoms with Crippen molar-refractivity contribution in [3.63, 3.8) is 0 Å². The summed E-state index contributed by atoms with van der Waals surface area (Å²) in [5.74, 6) is -3.32. The number of rotatable bonds is 8. The normalized spacial score (nSPS) is 23.9. The first-order chi connectivity index (χ1) is 15.9. The largest absolute Gasteiger partial charge is 0.463 e. The molecule has 1 saturated heterocycles. The number of benzene rings is 1. The van der Waals surface area contributed by atoms with Crippen LogP contribution in [0.2, 0.25) is 0 Å². The Hall–Kier alpha value is -3.74. The van der Waals surface area contributed by atoms with Gasteiger partial charge >= 0.3 is 29.6 Å². The second kappa shape index (κ2) is 11.4. The van der Waals surface area contributed by atoms with Crippen molar-refractivity contribution in [3.05, 3.63) is 33.9 Å². The monoisotopic (exact) mass is 483 g/mol. The predicted molar refractivity (Wildman–Crippen MR) is 110 cm³/mol. The number of nitrogens with zero attached hydrogens (tertiary/aromatic N) is 1. The Labute approximate surface area is 194 Å². The number of ether oxygens (including phenoxy) is 6. The van der Waals surface area contributed by atoms with E-state index < -0.39 is 71.8 Å². The molecule has 0 N–H and O–H groups in total. The van der Waals surface area contributed by atoms with E-state index in [-0.39, 0.29) is 5.75 Å². The van der Waals surface area contributed by atoms with Crippen LogP contribution in [0.4, 0.5) is 5.69 Å². The zero-order valence-electron chi connectivity index (χ0n) is 19.2. The van der Waals surface area contributed by atoms with Gasteiger partial charge in [0, 0.05) is 33.8 Å². The third-order valence-electron chi connectivity index (χ3n) is 4.50. The zero-order valence-corrected chi connectivity index (χ0v) is 19.2. The van der Waals surface area contributed by atoms with Crippen LogP contribution in [0.5, 0.6) is 5.75 Å². The van der Waals surface area contributed by atoms with E-state index in [4.69, 9.17) is 28.4 Å². The highest BCUT2D eigenvalue weighted by Gasteiger charge is 2.53. The van der Waals surface area contributed by atoms with Gasteiger partial charge in [0.25, 0.3) is 0 Å². The summed E-state index contributed by atoms with van der Waals surface area (Å²) in [7, 11) is 0. The highest BCUT2D eigenvalue weighted by Crippen LogP contribution is 2.34. The lowest BCUT2D eigenvalue weighted by molar-refractivity contribution is -0.387. The molecule has 1 aliphatic heterocycles. The van der Waals surface area contributed by atoms with Gasteiger partial charge in [0.15, 0.2) is 18.0 Å². The molecule has 1 aromatic rings. The van der Waals surface area contributed by atoms with Crippen molar-refractivity contribution in [2.24, 2.45) is 0 Å². The second-order valence-electron chi connectivity index (χ2n) is 7.41. The van der Waals surface area contributed by atoms with Gasteiger partial charge in [0.05, 0.1) is 4.92 Å². The molecule has 1 fully saturated rings. The second-order valence-corrected chi connectivity index (χ2v) is 7.41. The summed E-state index contributed by atoms with van der Waals surface area (Å²) in [6.07, 6.45) is -7.12. The van der Waals surface area contributed by atoms with E-state index in [2.05, 4.69) is 0 Å². The summed E-state index contributed by atoms with van der Waals surface area (Å²) in [5.41, 5.74) is 0.188. The Kier molecular flexibility index (Phi) is 8.90. The van der Waals surface area contributed by atoms with Gasteiger partial charge in [0.2, 0.25) is 12.4 Å². The highest BCUT2D eigenvalue weighted by molar-refractivity contribution is 5.68. The molecule has 0 bridgehead atoms. The van der Waals surface area contributed by atoms with Crippen LogP contribution in [0.15, 0.2) is 18.2 Å². The van der Waals surface area contributed by atoms with E-state index in [0.717, 1.165) is 27.7 Å². The van der Waals surface area contributed by atoms with E-state index in [1.807, 2.05) is 0 Å². The summed E-state index contributed by atoms with van der Waals surface area (Å²) in [5, 5.41) is 11.5. The van der Waals surface area contributed by atoms with Crippen molar-refractivity contribution in [2.45, 2.75) is 65.3 Å². The molecule has 13 heteroatoms. The Morgan fingerprint density at radius 2 is 1.47 bits per heavy atom. The first-order valence-electron chi connectivity index (χ1n) is 10.1. The maximum atomic E-state index is 11.8. The van der Waals surface area contributed by atoms with Gasteiger partial charge in [-0.05, 0) is 18.6 Å². The van der Waals surface area contributed by atoms with Gasteiger partial charge in [-0.25, -0.2) is 0 Å². The van der Waals surface area contributed by atoms with Gasteiger partial charge in [-0.3, -0.25) is 29.3 Å². The van der Waals surface area contributed by atoms with Crippen molar-refractivity contribution in [3.8, 4) is 5.75 Å². The van der Waals surface area contributed by atoms with Crippen molar-refractivity contribution in [1.29, 1.82) is 0 Å². The smallest absolute Gasteiger partial charge is 0.311 e. The molecule has 0 aliphatic carbocycles. The molecule has 1 aliphatic rings. The minimum absolute atomic E-state index is 0.225. The number of hydrogen-bond acceptors (Lipinski definition) is 12. The molecule has 0 amide bonds. The van der Waals surface area contributed by atoms with Crippen LogP contribution in [-0.2, 0) is 42.9 Å². The van der Waals surface area contributed by atoms with E-state index >= 15 is 0 Å². The third-order valence-corrected chi connectivity index (χ3v) is 4.50. The summed E-state index contributed by atoms with van der Waals surface area (Å²) in [6, 6.07) is 4.13. The number of carbonyl (C=O) groups excluding carboxylic acids is 4. The molecule has 1 aromatic carbocycles. The van der Waals surface area contributed by atoms with Crippen LogP contribution in [0, 0.1) is 17.0 Å². The molecule has 186 valence electrons. The lowest BCUT2D eigenvalue weighted by Crippen LogP contribution is -2.63. The number of aryl methyl sites for hydroxylation is 1. The van der Waals surface area contributed by atoms with Crippen LogP contribution in [0.25, 0.3) is 0 Å². The predicted octanol–water partition coefficient (Wildman–Crippen LogP) is 1.37. The highest BCUT2D eigenvalue weighted by atomic mass is 16.7. The molecule has 0 unspecified atom stereocenters. The maximum Gasteiger partial charge on any atom is 0.311 e. The molecule has 2 rings (SSSR count). The van der Waals surface area contributed by atoms with Gasteiger partial charge in [-0.15, -0.1) is 0 Å². The number of nitro groups is 1. The minimum Gasteiger partial charge on any atom is -0.463 e. The van der Waals surface area contributed by atoms with Crippen molar-refractivity contribution in [2.75, 3.05) is 6.61 Å². The summed E-state index contributed by atoms with van der Waals surface area (Å²) >= 11 is 0. The number of carbonyl (C=O) groups is 4.